The minimum atomic E-state index is 0.0189. The summed E-state index contributed by atoms with van der Waals surface area (Å²) in [5.41, 5.74) is 3.52. The van der Waals surface area contributed by atoms with Gasteiger partial charge in [-0.2, -0.15) is 0 Å². The van der Waals surface area contributed by atoms with Gasteiger partial charge in [0, 0.05) is 30.1 Å². The molecule has 1 unspecified atom stereocenters. The highest BCUT2D eigenvalue weighted by molar-refractivity contribution is 7.10. The molecule has 5 rings (SSSR count). The van der Waals surface area contributed by atoms with E-state index >= 15 is 0 Å². The summed E-state index contributed by atoms with van der Waals surface area (Å²) >= 11 is 1.75. The van der Waals surface area contributed by atoms with Gasteiger partial charge in [0.1, 0.15) is 0 Å². The van der Waals surface area contributed by atoms with E-state index in [0.717, 1.165) is 50.1 Å². The van der Waals surface area contributed by atoms with E-state index in [-0.39, 0.29) is 11.9 Å². The van der Waals surface area contributed by atoms with Gasteiger partial charge >= 0.3 is 0 Å². The van der Waals surface area contributed by atoms with E-state index in [4.69, 9.17) is 4.74 Å². The summed E-state index contributed by atoms with van der Waals surface area (Å²) in [5.74, 6) is 0.0189. The van der Waals surface area contributed by atoms with E-state index in [1.807, 2.05) is 6.07 Å². The van der Waals surface area contributed by atoms with Crippen LogP contribution >= 0.6 is 11.3 Å². The third-order valence-corrected chi connectivity index (χ3v) is 6.91. The lowest BCUT2D eigenvalue weighted by Crippen LogP contribution is -2.43. The van der Waals surface area contributed by atoms with Gasteiger partial charge in [-0.15, -0.1) is 11.3 Å². The minimum Gasteiger partial charge on any atom is -0.379 e. The van der Waals surface area contributed by atoms with E-state index in [2.05, 4.69) is 52.0 Å². The SMILES string of the molecule is O=C(NCC(c1cccs1)N1CCOCC1)c1ccc2c3c(cccc13)CC2. The Morgan fingerprint density at radius 2 is 1.89 bits per heavy atom. The van der Waals surface area contributed by atoms with Gasteiger partial charge in [0.25, 0.3) is 5.91 Å². The summed E-state index contributed by atoms with van der Waals surface area (Å²) in [6.45, 7) is 3.93. The van der Waals surface area contributed by atoms with Crippen LogP contribution in [0.3, 0.4) is 0 Å². The molecule has 1 fully saturated rings. The molecule has 5 heteroatoms. The molecule has 1 atom stereocenters. The van der Waals surface area contributed by atoms with Gasteiger partial charge in [0.15, 0.2) is 0 Å². The molecule has 1 saturated heterocycles. The zero-order valence-electron chi connectivity index (χ0n) is 15.8. The summed E-state index contributed by atoms with van der Waals surface area (Å²) in [5, 5.41) is 7.70. The Labute approximate surface area is 169 Å². The van der Waals surface area contributed by atoms with Crippen LogP contribution in [-0.4, -0.2) is 43.7 Å². The van der Waals surface area contributed by atoms with Crippen molar-refractivity contribution < 1.29 is 9.53 Å². The summed E-state index contributed by atoms with van der Waals surface area (Å²) in [6.07, 6.45) is 2.16. The van der Waals surface area contributed by atoms with Crippen molar-refractivity contribution in [3.63, 3.8) is 0 Å². The highest BCUT2D eigenvalue weighted by Crippen LogP contribution is 2.33. The predicted molar refractivity (Wildman–Crippen MR) is 113 cm³/mol. The molecule has 2 heterocycles. The fourth-order valence-corrected chi connectivity index (χ4v) is 5.37. The fraction of sp³-hybridized carbons (Fsp3) is 0.348. The van der Waals surface area contributed by atoms with Crippen LogP contribution in [-0.2, 0) is 17.6 Å². The van der Waals surface area contributed by atoms with Crippen LogP contribution < -0.4 is 5.32 Å². The van der Waals surface area contributed by atoms with Crippen LogP contribution in [0.5, 0.6) is 0 Å². The zero-order valence-corrected chi connectivity index (χ0v) is 16.6. The summed E-state index contributed by atoms with van der Waals surface area (Å²) in [7, 11) is 0. The summed E-state index contributed by atoms with van der Waals surface area (Å²) in [4.78, 5) is 16.8. The molecular formula is C23H24N2O2S. The Hall–Kier alpha value is -2.21. The molecule has 0 bridgehead atoms. The number of rotatable bonds is 5. The van der Waals surface area contributed by atoms with Crippen molar-refractivity contribution in [1.29, 1.82) is 0 Å². The summed E-state index contributed by atoms with van der Waals surface area (Å²) in [6, 6.07) is 14.9. The average Bonchev–Trinajstić information content (AvgIpc) is 3.41. The standard InChI is InChI=1S/C23H24N2O2S/c26-23(19-9-8-17-7-6-16-3-1-4-18(19)22(16)17)24-15-20(21-5-2-14-28-21)25-10-12-27-13-11-25/h1-5,8-9,14,20H,6-7,10-13,15H2,(H,24,26). The van der Waals surface area contributed by atoms with Crippen molar-refractivity contribution in [1.82, 2.24) is 10.2 Å². The second kappa shape index (κ2) is 7.66. The Morgan fingerprint density at radius 1 is 1.07 bits per heavy atom. The van der Waals surface area contributed by atoms with Crippen molar-refractivity contribution in [2.45, 2.75) is 18.9 Å². The first-order valence-corrected chi connectivity index (χ1v) is 10.9. The maximum absolute atomic E-state index is 13.1. The molecular weight excluding hydrogens is 368 g/mol. The van der Waals surface area contributed by atoms with Crippen LogP contribution in [0.1, 0.15) is 32.4 Å². The smallest absolute Gasteiger partial charge is 0.251 e. The predicted octanol–water partition coefficient (Wildman–Crippen LogP) is 3.80. The molecule has 144 valence electrons. The molecule has 2 aliphatic rings. The molecule has 2 aromatic carbocycles. The third-order valence-electron chi connectivity index (χ3n) is 5.94. The quantitative estimate of drug-likeness (QED) is 0.718. The minimum absolute atomic E-state index is 0.0189. The molecule has 0 radical (unpaired) electrons. The maximum atomic E-state index is 13.1. The number of carbonyl (C=O) groups is 1. The van der Waals surface area contributed by atoms with E-state index < -0.39 is 0 Å². The van der Waals surface area contributed by atoms with Crippen molar-refractivity contribution in [3.05, 3.63) is 69.4 Å². The van der Waals surface area contributed by atoms with Gasteiger partial charge in [-0.05, 0) is 52.3 Å². The Bertz CT molecular complexity index is 983. The number of nitrogens with zero attached hydrogens (tertiary/aromatic N) is 1. The van der Waals surface area contributed by atoms with Crippen LogP contribution in [0, 0.1) is 0 Å². The number of hydrogen-bond donors (Lipinski definition) is 1. The topological polar surface area (TPSA) is 41.6 Å². The van der Waals surface area contributed by atoms with Crippen LogP contribution in [0.2, 0.25) is 0 Å². The molecule has 28 heavy (non-hydrogen) atoms. The Morgan fingerprint density at radius 3 is 2.68 bits per heavy atom. The van der Waals surface area contributed by atoms with Gasteiger partial charge in [-0.25, -0.2) is 0 Å². The monoisotopic (exact) mass is 392 g/mol. The molecule has 1 aliphatic carbocycles. The lowest BCUT2D eigenvalue weighted by molar-refractivity contribution is 0.0169. The van der Waals surface area contributed by atoms with Gasteiger partial charge in [-0.1, -0.05) is 30.3 Å². The number of nitrogens with one attached hydrogen (secondary N) is 1. The van der Waals surface area contributed by atoms with E-state index in [9.17, 15) is 4.79 Å². The second-order valence-corrected chi connectivity index (χ2v) is 8.48. The number of carbonyl (C=O) groups excluding carboxylic acids is 1. The zero-order chi connectivity index (χ0) is 18.9. The number of ether oxygens (including phenoxy) is 1. The van der Waals surface area contributed by atoms with Crippen LogP contribution in [0.15, 0.2) is 47.8 Å². The molecule has 1 N–H and O–H groups in total. The lowest BCUT2D eigenvalue weighted by atomic mass is 9.99. The van der Waals surface area contributed by atoms with Gasteiger partial charge in [0.2, 0.25) is 0 Å². The van der Waals surface area contributed by atoms with Crippen molar-refractivity contribution in [2.24, 2.45) is 0 Å². The number of morpholine rings is 1. The first kappa shape index (κ1) is 17.9. The summed E-state index contributed by atoms with van der Waals surface area (Å²) < 4.78 is 5.51. The molecule has 0 spiro atoms. The molecule has 1 aromatic heterocycles. The van der Waals surface area contributed by atoms with E-state index in [0.29, 0.717) is 6.54 Å². The molecule has 1 amide bonds. The number of benzene rings is 2. The van der Waals surface area contributed by atoms with Crippen molar-refractivity contribution in [3.8, 4) is 0 Å². The largest absolute Gasteiger partial charge is 0.379 e. The van der Waals surface area contributed by atoms with Crippen LogP contribution in [0.4, 0.5) is 0 Å². The highest BCUT2D eigenvalue weighted by Gasteiger charge is 2.25. The first-order chi connectivity index (χ1) is 13.8. The number of amides is 1. The maximum Gasteiger partial charge on any atom is 0.251 e. The Kier molecular flexibility index (Phi) is 4.89. The fourth-order valence-electron chi connectivity index (χ4n) is 4.51. The van der Waals surface area contributed by atoms with Gasteiger partial charge in [-0.3, -0.25) is 9.69 Å². The molecule has 1 aliphatic heterocycles. The molecule has 3 aromatic rings. The van der Waals surface area contributed by atoms with Gasteiger partial charge in [0.05, 0.1) is 19.3 Å². The molecule has 4 nitrogen and oxygen atoms in total. The van der Waals surface area contributed by atoms with Crippen molar-refractivity contribution in [2.75, 3.05) is 32.8 Å². The number of thiophene rings is 1. The second-order valence-electron chi connectivity index (χ2n) is 7.50. The van der Waals surface area contributed by atoms with Crippen LogP contribution in [0.25, 0.3) is 10.8 Å². The van der Waals surface area contributed by atoms with Crippen molar-refractivity contribution >= 4 is 28.0 Å². The highest BCUT2D eigenvalue weighted by atomic mass is 32.1. The third kappa shape index (κ3) is 3.24. The number of aryl methyl sites for hydroxylation is 2. The van der Waals surface area contributed by atoms with Gasteiger partial charge < -0.3 is 10.1 Å². The Balaban J connectivity index is 1.38. The van der Waals surface area contributed by atoms with E-state index in [1.54, 1.807) is 11.3 Å². The number of hydrogen-bond acceptors (Lipinski definition) is 4. The average molecular weight is 393 g/mol. The normalized spacial score (nSPS) is 17.7. The van der Waals surface area contributed by atoms with E-state index in [1.165, 1.54) is 21.4 Å². The first-order valence-electron chi connectivity index (χ1n) is 9.98. The lowest BCUT2D eigenvalue weighted by Gasteiger charge is -2.34. The molecule has 0 saturated carbocycles.